The second-order valence-corrected chi connectivity index (χ2v) is 5.46. The number of imidazole rings is 1. The standard InChI is InChI=1S/C16H22N4/c1-13-11-20(15-8-4-3-5-9-15)16(18-13)19-10-6-7-14(12-19)17-2/h3-5,8-9,11,14,17H,6-7,10,12H2,1-2H3. The highest BCUT2D eigenvalue weighted by Crippen LogP contribution is 2.23. The maximum atomic E-state index is 4.74. The first-order chi connectivity index (χ1) is 9.78. The monoisotopic (exact) mass is 270 g/mol. The van der Waals surface area contributed by atoms with Crippen LogP contribution in [0.15, 0.2) is 36.5 Å². The predicted molar refractivity (Wildman–Crippen MR) is 82.6 cm³/mol. The first-order valence-electron chi connectivity index (χ1n) is 7.31. The van der Waals surface area contributed by atoms with Gasteiger partial charge >= 0.3 is 0 Å². The molecular formula is C16H22N4. The van der Waals surface area contributed by atoms with E-state index in [9.17, 15) is 0 Å². The average Bonchev–Trinajstić information content (AvgIpc) is 2.90. The van der Waals surface area contributed by atoms with Crippen molar-refractivity contribution >= 4 is 5.95 Å². The molecule has 2 aromatic rings. The van der Waals surface area contributed by atoms with Crippen LogP contribution in [0.5, 0.6) is 0 Å². The van der Waals surface area contributed by atoms with Gasteiger partial charge in [0.2, 0.25) is 5.95 Å². The summed E-state index contributed by atoms with van der Waals surface area (Å²) in [6.45, 7) is 4.17. The number of hydrogen-bond acceptors (Lipinski definition) is 3. The molecule has 2 heterocycles. The lowest BCUT2D eigenvalue weighted by atomic mass is 10.1. The van der Waals surface area contributed by atoms with E-state index in [1.165, 1.54) is 18.5 Å². The molecule has 4 heteroatoms. The summed E-state index contributed by atoms with van der Waals surface area (Å²) >= 11 is 0. The normalized spacial score (nSPS) is 19.3. The molecule has 4 nitrogen and oxygen atoms in total. The summed E-state index contributed by atoms with van der Waals surface area (Å²) in [5, 5.41) is 3.39. The van der Waals surface area contributed by atoms with E-state index in [4.69, 9.17) is 4.98 Å². The highest BCUT2D eigenvalue weighted by molar-refractivity contribution is 5.45. The molecule has 0 amide bonds. The summed E-state index contributed by atoms with van der Waals surface area (Å²) in [5.41, 5.74) is 2.24. The molecule has 3 rings (SSSR count). The quantitative estimate of drug-likeness (QED) is 0.929. The fraction of sp³-hybridized carbons (Fsp3) is 0.438. The van der Waals surface area contributed by atoms with Gasteiger partial charge in [-0.3, -0.25) is 4.57 Å². The Labute approximate surface area is 120 Å². The molecule has 0 bridgehead atoms. The van der Waals surface area contributed by atoms with Crippen LogP contribution in [0, 0.1) is 6.92 Å². The molecule has 1 aromatic heterocycles. The molecule has 1 aromatic carbocycles. The van der Waals surface area contributed by atoms with Gasteiger partial charge in [-0.15, -0.1) is 0 Å². The number of hydrogen-bond donors (Lipinski definition) is 1. The average molecular weight is 270 g/mol. The Kier molecular flexibility index (Phi) is 3.74. The second-order valence-electron chi connectivity index (χ2n) is 5.46. The van der Waals surface area contributed by atoms with Crippen molar-refractivity contribution in [3.05, 3.63) is 42.2 Å². The van der Waals surface area contributed by atoms with Gasteiger partial charge in [-0.2, -0.15) is 0 Å². The minimum absolute atomic E-state index is 0.560. The van der Waals surface area contributed by atoms with Crippen LogP contribution in [0.3, 0.4) is 0 Å². The number of rotatable bonds is 3. The molecule has 1 atom stereocenters. The topological polar surface area (TPSA) is 33.1 Å². The molecule has 1 saturated heterocycles. The zero-order chi connectivity index (χ0) is 13.9. The lowest BCUT2D eigenvalue weighted by Gasteiger charge is -2.33. The van der Waals surface area contributed by atoms with Crippen molar-refractivity contribution in [3.8, 4) is 5.69 Å². The Morgan fingerprint density at radius 1 is 1.25 bits per heavy atom. The smallest absolute Gasteiger partial charge is 0.210 e. The largest absolute Gasteiger partial charge is 0.340 e. The Balaban J connectivity index is 1.93. The highest BCUT2D eigenvalue weighted by Gasteiger charge is 2.22. The van der Waals surface area contributed by atoms with Crippen LogP contribution in [-0.4, -0.2) is 35.7 Å². The van der Waals surface area contributed by atoms with Crippen LogP contribution in [0.1, 0.15) is 18.5 Å². The lowest BCUT2D eigenvalue weighted by molar-refractivity contribution is 0.444. The molecule has 0 saturated carbocycles. The summed E-state index contributed by atoms with van der Waals surface area (Å²) in [7, 11) is 2.04. The summed E-state index contributed by atoms with van der Waals surface area (Å²) in [4.78, 5) is 7.13. The van der Waals surface area contributed by atoms with Gasteiger partial charge in [0.15, 0.2) is 0 Å². The maximum Gasteiger partial charge on any atom is 0.210 e. The van der Waals surface area contributed by atoms with Gasteiger partial charge in [-0.25, -0.2) is 4.98 Å². The van der Waals surface area contributed by atoms with E-state index in [1.807, 2.05) is 13.1 Å². The number of aromatic nitrogens is 2. The molecule has 1 unspecified atom stereocenters. The number of piperidine rings is 1. The van der Waals surface area contributed by atoms with Crippen molar-refractivity contribution in [2.75, 3.05) is 25.0 Å². The van der Waals surface area contributed by atoms with Crippen molar-refractivity contribution in [1.29, 1.82) is 0 Å². The molecule has 0 radical (unpaired) electrons. The number of anilines is 1. The van der Waals surface area contributed by atoms with Gasteiger partial charge in [0.1, 0.15) is 0 Å². The van der Waals surface area contributed by atoms with E-state index < -0.39 is 0 Å². The van der Waals surface area contributed by atoms with Crippen LogP contribution in [0.2, 0.25) is 0 Å². The molecule has 0 aliphatic carbocycles. The van der Waals surface area contributed by atoms with Gasteiger partial charge in [0, 0.05) is 31.0 Å². The fourth-order valence-electron chi connectivity index (χ4n) is 2.88. The molecule has 1 aliphatic rings. The third-order valence-electron chi connectivity index (χ3n) is 3.95. The third-order valence-corrected chi connectivity index (χ3v) is 3.95. The summed E-state index contributed by atoms with van der Waals surface area (Å²) in [5.74, 6) is 1.06. The van der Waals surface area contributed by atoms with E-state index in [2.05, 4.69) is 52.2 Å². The minimum Gasteiger partial charge on any atom is -0.340 e. The predicted octanol–water partition coefficient (Wildman–Crippen LogP) is 2.37. The molecule has 1 N–H and O–H groups in total. The molecule has 1 fully saturated rings. The Bertz CT molecular complexity index is 561. The van der Waals surface area contributed by atoms with Crippen molar-refractivity contribution in [3.63, 3.8) is 0 Å². The molecule has 20 heavy (non-hydrogen) atoms. The fourth-order valence-corrected chi connectivity index (χ4v) is 2.88. The SMILES string of the molecule is CNC1CCCN(c2nc(C)cn2-c2ccccc2)C1. The molecular weight excluding hydrogens is 248 g/mol. The van der Waals surface area contributed by atoms with Crippen LogP contribution < -0.4 is 10.2 Å². The molecule has 0 spiro atoms. The Morgan fingerprint density at radius 3 is 2.80 bits per heavy atom. The van der Waals surface area contributed by atoms with Gasteiger partial charge < -0.3 is 10.2 Å². The van der Waals surface area contributed by atoms with Gasteiger partial charge in [-0.1, -0.05) is 18.2 Å². The summed E-state index contributed by atoms with van der Waals surface area (Å²) in [6, 6.07) is 11.0. The minimum atomic E-state index is 0.560. The zero-order valence-corrected chi connectivity index (χ0v) is 12.2. The van der Waals surface area contributed by atoms with Crippen LogP contribution in [-0.2, 0) is 0 Å². The van der Waals surface area contributed by atoms with Crippen molar-refractivity contribution in [2.45, 2.75) is 25.8 Å². The van der Waals surface area contributed by atoms with Gasteiger partial charge in [-0.05, 0) is 38.9 Å². The first kappa shape index (κ1) is 13.2. The number of likely N-dealkylation sites (N-methyl/N-ethyl adjacent to an activating group) is 1. The van der Waals surface area contributed by atoms with E-state index in [-0.39, 0.29) is 0 Å². The lowest BCUT2D eigenvalue weighted by Crippen LogP contribution is -2.45. The van der Waals surface area contributed by atoms with E-state index in [0.29, 0.717) is 6.04 Å². The number of benzene rings is 1. The number of para-hydroxylation sites is 1. The van der Waals surface area contributed by atoms with Crippen molar-refractivity contribution in [2.24, 2.45) is 0 Å². The van der Waals surface area contributed by atoms with E-state index in [1.54, 1.807) is 0 Å². The molecule has 1 aliphatic heterocycles. The van der Waals surface area contributed by atoms with Crippen LogP contribution >= 0.6 is 0 Å². The highest BCUT2D eigenvalue weighted by atomic mass is 15.3. The zero-order valence-electron chi connectivity index (χ0n) is 12.2. The number of nitrogens with one attached hydrogen (secondary N) is 1. The summed E-state index contributed by atoms with van der Waals surface area (Å²) in [6.07, 6.45) is 4.58. The van der Waals surface area contributed by atoms with Crippen LogP contribution in [0.4, 0.5) is 5.95 Å². The van der Waals surface area contributed by atoms with Gasteiger partial charge in [0.05, 0.1) is 5.69 Å². The number of aryl methyl sites for hydroxylation is 1. The maximum absolute atomic E-state index is 4.74. The third kappa shape index (κ3) is 2.56. The Hall–Kier alpha value is -1.81. The van der Waals surface area contributed by atoms with Crippen molar-refractivity contribution < 1.29 is 0 Å². The van der Waals surface area contributed by atoms with Crippen molar-refractivity contribution in [1.82, 2.24) is 14.9 Å². The van der Waals surface area contributed by atoms with Crippen LogP contribution in [0.25, 0.3) is 5.69 Å². The first-order valence-corrected chi connectivity index (χ1v) is 7.31. The summed E-state index contributed by atoms with van der Waals surface area (Å²) < 4.78 is 2.20. The molecule has 106 valence electrons. The second kappa shape index (κ2) is 5.67. The number of nitrogens with zero attached hydrogens (tertiary/aromatic N) is 3. The Morgan fingerprint density at radius 2 is 2.05 bits per heavy atom. The van der Waals surface area contributed by atoms with Gasteiger partial charge in [0.25, 0.3) is 0 Å². The van der Waals surface area contributed by atoms with E-state index in [0.717, 1.165) is 24.7 Å². The van der Waals surface area contributed by atoms with E-state index >= 15 is 0 Å².